The Morgan fingerprint density at radius 3 is 2.74 bits per heavy atom. The van der Waals surface area contributed by atoms with Gasteiger partial charge in [-0.05, 0) is 60.6 Å². The lowest BCUT2D eigenvalue weighted by molar-refractivity contribution is 0.231. The Morgan fingerprint density at radius 1 is 1.15 bits per heavy atom. The molecule has 2 amide bonds. The molecule has 0 bridgehead atoms. The van der Waals surface area contributed by atoms with Gasteiger partial charge in [0.05, 0.1) is 0 Å². The Hall–Kier alpha value is -2.57. The molecule has 27 heavy (non-hydrogen) atoms. The van der Waals surface area contributed by atoms with Gasteiger partial charge in [-0.15, -0.1) is 11.3 Å². The zero-order valence-electron chi connectivity index (χ0n) is 15.6. The molecule has 3 N–H and O–H groups in total. The second-order valence-corrected chi connectivity index (χ2v) is 7.72. The fourth-order valence-electron chi connectivity index (χ4n) is 3.00. The standard InChI is InChI=1S/C21H25N3O2S/c1-24(2)17(11-16-14-27-20-9-4-3-8-19(16)20)13-23-21(26)22-12-15-6-5-7-18(25)10-15/h3-10,14,17,25H,11-13H2,1-2H3,(H2,22,23,26). The number of fused-ring (bicyclic) bond motifs is 1. The van der Waals surface area contributed by atoms with Gasteiger partial charge in [0.15, 0.2) is 0 Å². The van der Waals surface area contributed by atoms with E-state index >= 15 is 0 Å². The summed E-state index contributed by atoms with van der Waals surface area (Å²) in [6.45, 7) is 0.936. The number of amides is 2. The van der Waals surface area contributed by atoms with Crippen LogP contribution < -0.4 is 10.6 Å². The van der Waals surface area contributed by atoms with Gasteiger partial charge in [-0.3, -0.25) is 0 Å². The van der Waals surface area contributed by atoms with Crippen LogP contribution in [-0.4, -0.2) is 42.7 Å². The van der Waals surface area contributed by atoms with E-state index in [1.807, 2.05) is 20.2 Å². The number of rotatable bonds is 7. The second-order valence-electron chi connectivity index (χ2n) is 6.81. The van der Waals surface area contributed by atoms with Crippen molar-refractivity contribution in [1.29, 1.82) is 0 Å². The third-order valence-corrected chi connectivity index (χ3v) is 5.62. The number of aromatic hydroxyl groups is 1. The quantitative estimate of drug-likeness (QED) is 0.584. The van der Waals surface area contributed by atoms with Gasteiger partial charge in [-0.25, -0.2) is 4.79 Å². The normalized spacial score (nSPS) is 12.3. The first-order valence-corrected chi connectivity index (χ1v) is 9.82. The van der Waals surface area contributed by atoms with Crippen LogP contribution in [0.4, 0.5) is 4.79 Å². The van der Waals surface area contributed by atoms with E-state index in [1.54, 1.807) is 29.5 Å². The van der Waals surface area contributed by atoms with Crippen LogP contribution in [0, 0.1) is 0 Å². The molecule has 0 aliphatic carbocycles. The van der Waals surface area contributed by atoms with Crippen molar-refractivity contribution in [3.63, 3.8) is 0 Å². The number of nitrogens with one attached hydrogen (secondary N) is 2. The maximum atomic E-state index is 12.1. The molecule has 0 aliphatic rings. The molecule has 6 heteroatoms. The van der Waals surface area contributed by atoms with E-state index in [0.717, 1.165) is 12.0 Å². The van der Waals surface area contributed by atoms with Gasteiger partial charge in [0, 0.05) is 23.8 Å². The van der Waals surface area contributed by atoms with Crippen molar-refractivity contribution in [1.82, 2.24) is 15.5 Å². The predicted molar refractivity (Wildman–Crippen MR) is 111 cm³/mol. The minimum absolute atomic E-state index is 0.199. The summed E-state index contributed by atoms with van der Waals surface area (Å²) in [4.78, 5) is 14.3. The van der Waals surface area contributed by atoms with Gasteiger partial charge in [0.2, 0.25) is 0 Å². The molecule has 3 aromatic rings. The van der Waals surface area contributed by atoms with E-state index in [1.165, 1.54) is 15.6 Å². The molecule has 0 spiro atoms. The number of thiophene rings is 1. The number of likely N-dealkylation sites (N-methyl/N-ethyl adjacent to an activating group) is 1. The summed E-state index contributed by atoms with van der Waals surface area (Å²) in [5.74, 6) is 0.199. The number of phenolic OH excluding ortho intramolecular Hbond substituents is 1. The Kier molecular flexibility index (Phi) is 6.32. The molecule has 5 nitrogen and oxygen atoms in total. The Balaban J connectivity index is 1.54. The average Bonchev–Trinajstić information content (AvgIpc) is 3.06. The zero-order chi connectivity index (χ0) is 19.2. The Labute approximate surface area is 163 Å². The topological polar surface area (TPSA) is 64.6 Å². The summed E-state index contributed by atoms with van der Waals surface area (Å²) in [5.41, 5.74) is 2.18. The molecule has 0 saturated heterocycles. The molecule has 142 valence electrons. The van der Waals surface area contributed by atoms with E-state index in [-0.39, 0.29) is 17.8 Å². The molecule has 0 saturated carbocycles. The molecule has 2 aromatic carbocycles. The number of benzene rings is 2. The number of carbonyl (C=O) groups is 1. The molecule has 3 rings (SSSR count). The summed E-state index contributed by atoms with van der Waals surface area (Å²) in [6.07, 6.45) is 0.879. The van der Waals surface area contributed by atoms with E-state index in [9.17, 15) is 9.90 Å². The maximum absolute atomic E-state index is 12.1. The lowest BCUT2D eigenvalue weighted by Gasteiger charge is -2.24. The highest BCUT2D eigenvalue weighted by molar-refractivity contribution is 7.17. The molecule has 1 atom stereocenters. The smallest absolute Gasteiger partial charge is 0.315 e. The summed E-state index contributed by atoms with van der Waals surface area (Å²) < 4.78 is 1.29. The molecule has 1 aromatic heterocycles. The number of hydrogen-bond donors (Lipinski definition) is 3. The SMILES string of the molecule is CN(C)C(CNC(=O)NCc1cccc(O)c1)Cc1csc2ccccc12. The van der Waals surface area contributed by atoms with Crippen molar-refractivity contribution in [2.24, 2.45) is 0 Å². The van der Waals surface area contributed by atoms with Crippen molar-refractivity contribution in [2.75, 3.05) is 20.6 Å². The third kappa shape index (κ3) is 5.21. The molecular formula is C21H25N3O2S. The van der Waals surface area contributed by atoms with E-state index in [0.29, 0.717) is 13.1 Å². The monoisotopic (exact) mass is 383 g/mol. The zero-order valence-corrected chi connectivity index (χ0v) is 16.4. The van der Waals surface area contributed by atoms with Crippen LogP contribution in [0.1, 0.15) is 11.1 Å². The van der Waals surface area contributed by atoms with Crippen molar-refractivity contribution < 1.29 is 9.90 Å². The number of urea groups is 1. The predicted octanol–water partition coefficient (Wildman–Crippen LogP) is 3.58. The van der Waals surface area contributed by atoms with Gasteiger partial charge in [0.1, 0.15) is 5.75 Å². The molecule has 0 radical (unpaired) electrons. The van der Waals surface area contributed by atoms with Crippen LogP contribution in [-0.2, 0) is 13.0 Å². The lowest BCUT2D eigenvalue weighted by atomic mass is 10.0. The highest BCUT2D eigenvalue weighted by Crippen LogP contribution is 2.27. The van der Waals surface area contributed by atoms with Gasteiger partial charge < -0.3 is 20.6 Å². The average molecular weight is 384 g/mol. The Bertz CT molecular complexity index is 907. The fourth-order valence-corrected chi connectivity index (χ4v) is 3.98. The molecule has 0 fully saturated rings. The Morgan fingerprint density at radius 2 is 1.96 bits per heavy atom. The highest BCUT2D eigenvalue weighted by Gasteiger charge is 2.16. The van der Waals surface area contributed by atoms with E-state index in [4.69, 9.17) is 0 Å². The summed E-state index contributed by atoms with van der Waals surface area (Å²) in [7, 11) is 4.07. The largest absolute Gasteiger partial charge is 0.508 e. The first-order valence-electron chi connectivity index (χ1n) is 8.94. The van der Waals surface area contributed by atoms with Crippen molar-refractivity contribution in [3.05, 3.63) is 65.0 Å². The van der Waals surface area contributed by atoms with Crippen molar-refractivity contribution in [2.45, 2.75) is 19.0 Å². The van der Waals surface area contributed by atoms with Gasteiger partial charge >= 0.3 is 6.03 Å². The van der Waals surface area contributed by atoms with Crippen molar-refractivity contribution in [3.8, 4) is 5.75 Å². The molecular weight excluding hydrogens is 358 g/mol. The van der Waals surface area contributed by atoms with Gasteiger partial charge in [-0.2, -0.15) is 0 Å². The first kappa shape index (κ1) is 19.2. The third-order valence-electron chi connectivity index (χ3n) is 4.61. The van der Waals surface area contributed by atoms with Crippen LogP contribution >= 0.6 is 11.3 Å². The van der Waals surface area contributed by atoms with Crippen LogP contribution in [0.3, 0.4) is 0 Å². The first-order chi connectivity index (χ1) is 13.0. The molecule has 1 heterocycles. The van der Waals surface area contributed by atoms with Crippen LogP contribution in [0.2, 0.25) is 0 Å². The van der Waals surface area contributed by atoms with E-state index in [2.05, 4.69) is 45.2 Å². The minimum Gasteiger partial charge on any atom is -0.508 e. The highest BCUT2D eigenvalue weighted by atomic mass is 32.1. The minimum atomic E-state index is -0.208. The maximum Gasteiger partial charge on any atom is 0.315 e. The molecule has 1 unspecified atom stereocenters. The summed E-state index contributed by atoms with van der Waals surface area (Å²) >= 11 is 1.76. The number of hydrogen-bond acceptors (Lipinski definition) is 4. The summed E-state index contributed by atoms with van der Waals surface area (Å²) in [5, 5.41) is 18.8. The summed E-state index contributed by atoms with van der Waals surface area (Å²) in [6, 6.07) is 15.3. The fraction of sp³-hybridized carbons (Fsp3) is 0.286. The number of phenols is 1. The lowest BCUT2D eigenvalue weighted by Crippen LogP contribution is -2.44. The van der Waals surface area contributed by atoms with Gasteiger partial charge in [0.25, 0.3) is 0 Å². The van der Waals surface area contributed by atoms with Crippen LogP contribution in [0.25, 0.3) is 10.1 Å². The van der Waals surface area contributed by atoms with E-state index < -0.39 is 0 Å². The number of nitrogens with zero attached hydrogens (tertiary/aromatic N) is 1. The van der Waals surface area contributed by atoms with Crippen molar-refractivity contribution >= 4 is 27.5 Å². The van der Waals surface area contributed by atoms with Gasteiger partial charge in [-0.1, -0.05) is 30.3 Å². The van der Waals surface area contributed by atoms with Crippen LogP contribution in [0.15, 0.2) is 53.9 Å². The number of carbonyl (C=O) groups excluding carboxylic acids is 1. The molecule has 0 aliphatic heterocycles. The van der Waals surface area contributed by atoms with Crippen LogP contribution in [0.5, 0.6) is 5.75 Å². The second kappa shape index (κ2) is 8.88.